The number of hydrogen-bond donors (Lipinski definition) is 3. The smallest absolute Gasteiger partial charge is 0.227 e. The summed E-state index contributed by atoms with van der Waals surface area (Å²) >= 11 is 0. The fourth-order valence-electron chi connectivity index (χ4n) is 2.07. The summed E-state index contributed by atoms with van der Waals surface area (Å²) in [7, 11) is 0. The summed E-state index contributed by atoms with van der Waals surface area (Å²) in [6, 6.07) is 7.30. The molecule has 3 N–H and O–H groups in total. The number of rotatable bonds is 7. The van der Waals surface area contributed by atoms with Gasteiger partial charge in [0.05, 0.1) is 6.42 Å². The van der Waals surface area contributed by atoms with E-state index in [-0.39, 0.29) is 30.4 Å². The van der Waals surface area contributed by atoms with E-state index in [9.17, 15) is 9.59 Å². The zero-order valence-electron chi connectivity index (χ0n) is 12.3. The van der Waals surface area contributed by atoms with Crippen LogP contribution in [-0.4, -0.2) is 29.6 Å². The van der Waals surface area contributed by atoms with Crippen molar-refractivity contribution in [2.75, 3.05) is 11.9 Å². The molecule has 5 heteroatoms. The molecule has 1 fully saturated rings. The first-order valence-corrected chi connectivity index (χ1v) is 7.38. The molecule has 0 saturated heterocycles. The summed E-state index contributed by atoms with van der Waals surface area (Å²) in [6.07, 6.45) is 2.82. The van der Waals surface area contributed by atoms with Crippen LogP contribution < -0.4 is 10.6 Å². The number of hydrogen-bond acceptors (Lipinski definition) is 3. The number of aliphatic hydroxyl groups is 1. The van der Waals surface area contributed by atoms with Crippen molar-refractivity contribution in [3.63, 3.8) is 0 Å². The summed E-state index contributed by atoms with van der Waals surface area (Å²) in [5, 5.41) is 14.5. The van der Waals surface area contributed by atoms with Gasteiger partial charge in [-0.2, -0.15) is 0 Å². The van der Waals surface area contributed by atoms with Gasteiger partial charge in [-0.15, -0.1) is 0 Å². The zero-order chi connectivity index (χ0) is 15.2. The molecule has 1 aromatic carbocycles. The van der Waals surface area contributed by atoms with Gasteiger partial charge < -0.3 is 15.7 Å². The second kappa shape index (κ2) is 7.22. The van der Waals surface area contributed by atoms with E-state index in [4.69, 9.17) is 5.11 Å². The van der Waals surface area contributed by atoms with Gasteiger partial charge in [0, 0.05) is 24.3 Å². The van der Waals surface area contributed by atoms with Crippen LogP contribution in [0.3, 0.4) is 0 Å². The lowest BCUT2D eigenvalue weighted by atomic mass is 10.1. The third-order valence-electron chi connectivity index (χ3n) is 3.50. The number of amides is 2. The number of carbonyl (C=O) groups excluding carboxylic acids is 2. The Morgan fingerprint density at radius 3 is 2.52 bits per heavy atom. The van der Waals surface area contributed by atoms with Crippen molar-refractivity contribution in [2.45, 2.75) is 38.6 Å². The standard InChI is InChI=1S/C16H22N2O3/c1-11(8-9-19)17-15(20)10-12-2-6-14(7-3-12)18-16(21)13-4-5-13/h2-3,6-7,11,13,19H,4-5,8-10H2,1H3,(H,17,20)(H,18,21). The minimum atomic E-state index is -0.0642. The Hall–Kier alpha value is -1.88. The third kappa shape index (κ3) is 5.19. The van der Waals surface area contributed by atoms with Crippen LogP contribution in [0.2, 0.25) is 0 Å². The molecular formula is C16H22N2O3. The Labute approximate surface area is 124 Å². The maximum atomic E-state index is 11.8. The van der Waals surface area contributed by atoms with Gasteiger partial charge in [0.1, 0.15) is 0 Å². The largest absolute Gasteiger partial charge is 0.396 e. The predicted octanol–water partition coefficient (Wildman–Crippen LogP) is 1.46. The van der Waals surface area contributed by atoms with Gasteiger partial charge in [-0.3, -0.25) is 9.59 Å². The monoisotopic (exact) mass is 290 g/mol. The van der Waals surface area contributed by atoms with E-state index >= 15 is 0 Å². The number of nitrogens with one attached hydrogen (secondary N) is 2. The maximum Gasteiger partial charge on any atom is 0.227 e. The van der Waals surface area contributed by atoms with E-state index in [2.05, 4.69) is 10.6 Å². The first-order valence-electron chi connectivity index (χ1n) is 7.38. The van der Waals surface area contributed by atoms with E-state index in [0.717, 1.165) is 24.1 Å². The molecule has 21 heavy (non-hydrogen) atoms. The van der Waals surface area contributed by atoms with Crippen molar-refractivity contribution in [2.24, 2.45) is 5.92 Å². The lowest BCUT2D eigenvalue weighted by Gasteiger charge is -2.12. The normalized spacial score (nSPS) is 15.3. The Kier molecular flexibility index (Phi) is 5.33. The summed E-state index contributed by atoms with van der Waals surface area (Å²) in [6.45, 7) is 1.93. The molecule has 0 aliphatic heterocycles. The Morgan fingerprint density at radius 1 is 1.29 bits per heavy atom. The van der Waals surface area contributed by atoms with Crippen molar-refractivity contribution >= 4 is 17.5 Å². The summed E-state index contributed by atoms with van der Waals surface area (Å²) in [5.74, 6) is 0.201. The second-order valence-corrected chi connectivity index (χ2v) is 5.62. The Balaban J connectivity index is 1.81. The van der Waals surface area contributed by atoms with Crippen LogP contribution in [0.15, 0.2) is 24.3 Å². The van der Waals surface area contributed by atoms with Crippen LogP contribution in [0.5, 0.6) is 0 Å². The minimum absolute atomic E-state index is 0.0281. The van der Waals surface area contributed by atoms with Crippen LogP contribution in [-0.2, 0) is 16.0 Å². The molecule has 0 bridgehead atoms. The molecule has 0 aromatic heterocycles. The highest BCUT2D eigenvalue weighted by Gasteiger charge is 2.29. The average molecular weight is 290 g/mol. The van der Waals surface area contributed by atoms with E-state index in [0.29, 0.717) is 12.8 Å². The van der Waals surface area contributed by atoms with Gasteiger partial charge >= 0.3 is 0 Å². The van der Waals surface area contributed by atoms with Crippen LogP contribution in [0.4, 0.5) is 5.69 Å². The molecule has 1 aromatic rings. The van der Waals surface area contributed by atoms with E-state index in [1.807, 2.05) is 31.2 Å². The lowest BCUT2D eigenvalue weighted by molar-refractivity contribution is -0.121. The number of anilines is 1. The number of carbonyl (C=O) groups is 2. The van der Waals surface area contributed by atoms with Crippen LogP contribution in [0, 0.1) is 5.92 Å². The molecule has 2 rings (SSSR count). The van der Waals surface area contributed by atoms with Gasteiger partial charge in [-0.25, -0.2) is 0 Å². The van der Waals surface area contributed by atoms with E-state index in [1.54, 1.807) is 0 Å². The third-order valence-corrected chi connectivity index (χ3v) is 3.50. The average Bonchev–Trinajstić information content (AvgIpc) is 3.25. The van der Waals surface area contributed by atoms with E-state index < -0.39 is 0 Å². The highest BCUT2D eigenvalue weighted by Crippen LogP contribution is 2.30. The molecule has 114 valence electrons. The van der Waals surface area contributed by atoms with Crippen molar-refractivity contribution in [1.82, 2.24) is 5.32 Å². The zero-order valence-corrected chi connectivity index (χ0v) is 12.3. The number of benzene rings is 1. The predicted molar refractivity (Wildman–Crippen MR) is 80.8 cm³/mol. The fraction of sp³-hybridized carbons (Fsp3) is 0.500. The van der Waals surface area contributed by atoms with Gasteiger partial charge in [0.15, 0.2) is 0 Å². The molecule has 1 aliphatic rings. The maximum absolute atomic E-state index is 11.8. The highest BCUT2D eigenvalue weighted by atomic mass is 16.3. The van der Waals surface area contributed by atoms with Gasteiger partial charge in [0.2, 0.25) is 11.8 Å². The lowest BCUT2D eigenvalue weighted by Crippen LogP contribution is -2.34. The molecule has 0 heterocycles. The van der Waals surface area contributed by atoms with Gasteiger partial charge in [-0.05, 0) is 43.9 Å². The quantitative estimate of drug-likeness (QED) is 0.711. The summed E-state index contributed by atoms with van der Waals surface area (Å²) in [4.78, 5) is 23.4. The Bertz CT molecular complexity index is 495. The molecular weight excluding hydrogens is 268 g/mol. The molecule has 1 unspecified atom stereocenters. The molecule has 1 saturated carbocycles. The van der Waals surface area contributed by atoms with Crippen molar-refractivity contribution in [1.29, 1.82) is 0 Å². The first kappa shape index (κ1) is 15.5. The van der Waals surface area contributed by atoms with Crippen LogP contribution in [0.25, 0.3) is 0 Å². The van der Waals surface area contributed by atoms with E-state index in [1.165, 1.54) is 0 Å². The van der Waals surface area contributed by atoms with Crippen molar-refractivity contribution in [3.8, 4) is 0 Å². The summed E-state index contributed by atoms with van der Waals surface area (Å²) < 4.78 is 0. The summed E-state index contributed by atoms with van der Waals surface area (Å²) in [5.41, 5.74) is 1.66. The number of aliphatic hydroxyl groups excluding tert-OH is 1. The Morgan fingerprint density at radius 2 is 1.95 bits per heavy atom. The van der Waals surface area contributed by atoms with Crippen LogP contribution in [0.1, 0.15) is 31.7 Å². The van der Waals surface area contributed by atoms with Gasteiger partial charge in [0.25, 0.3) is 0 Å². The van der Waals surface area contributed by atoms with Crippen molar-refractivity contribution < 1.29 is 14.7 Å². The first-order chi connectivity index (χ1) is 10.1. The van der Waals surface area contributed by atoms with Gasteiger partial charge in [-0.1, -0.05) is 12.1 Å². The molecule has 0 spiro atoms. The SMILES string of the molecule is CC(CCO)NC(=O)Cc1ccc(NC(=O)C2CC2)cc1. The molecule has 5 nitrogen and oxygen atoms in total. The minimum Gasteiger partial charge on any atom is -0.396 e. The molecule has 1 atom stereocenters. The van der Waals surface area contributed by atoms with Crippen molar-refractivity contribution in [3.05, 3.63) is 29.8 Å². The molecule has 1 aliphatic carbocycles. The fourth-order valence-corrected chi connectivity index (χ4v) is 2.07. The van der Waals surface area contributed by atoms with Crippen LogP contribution >= 0.6 is 0 Å². The second-order valence-electron chi connectivity index (χ2n) is 5.62. The highest BCUT2D eigenvalue weighted by molar-refractivity contribution is 5.94. The molecule has 0 radical (unpaired) electrons. The topological polar surface area (TPSA) is 78.4 Å². The molecule has 2 amide bonds.